The lowest BCUT2D eigenvalue weighted by atomic mass is 10.0. The van der Waals surface area contributed by atoms with Crippen molar-refractivity contribution < 1.29 is 0 Å². The Morgan fingerprint density at radius 3 is 2.65 bits per heavy atom. The Kier molecular flexibility index (Phi) is 4.22. The Hall–Kier alpha value is -1.13. The van der Waals surface area contributed by atoms with E-state index in [1.54, 1.807) is 0 Å². The smallest absolute Gasteiger partial charge is 0.0562 e. The van der Waals surface area contributed by atoms with Gasteiger partial charge in [-0.25, -0.2) is 0 Å². The lowest BCUT2D eigenvalue weighted by Crippen LogP contribution is -2.42. The van der Waals surface area contributed by atoms with E-state index in [0.717, 1.165) is 31.7 Å². The first-order valence-corrected chi connectivity index (χ1v) is 7.82. The third-order valence-corrected chi connectivity index (χ3v) is 4.51. The molecule has 1 aliphatic heterocycles. The molecule has 0 aromatic carbocycles. The average molecular weight is 274 g/mol. The number of hydrogen-bond donors (Lipinski definition) is 1. The van der Waals surface area contributed by atoms with Crippen LogP contribution in [0.3, 0.4) is 0 Å². The van der Waals surface area contributed by atoms with Gasteiger partial charge in [0.05, 0.1) is 5.69 Å². The second-order valence-corrected chi connectivity index (χ2v) is 6.34. The summed E-state index contributed by atoms with van der Waals surface area (Å²) in [5, 5.41) is 3.54. The highest BCUT2D eigenvalue weighted by atomic mass is 15.2. The zero-order valence-electron chi connectivity index (χ0n) is 12.7. The maximum Gasteiger partial charge on any atom is 0.0562 e. The van der Waals surface area contributed by atoms with Crippen LogP contribution in [0.2, 0.25) is 0 Å². The minimum Gasteiger partial charge on any atom is -0.371 e. The summed E-state index contributed by atoms with van der Waals surface area (Å²) in [6.07, 6.45) is 7.13. The van der Waals surface area contributed by atoms with E-state index in [2.05, 4.69) is 46.3 Å². The summed E-state index contributed by atoms with van der Waals surface area (Å²) in [4.78, 5) is 9.34. The average Bonchev–Trinajstić information content (AvgIpc) is 3.30. The summed E-state index contributed by atoms with van der Waals surface area (Å²) in [5.74, 6) is 0. The molecule has 0 atom stereocenters. The van der Waals surface area contributed by atoms with Crippen molar-refractivity contribution in [2.75, 3.05) is 32.1 Å². The summed E-state index contributed by atoms with van der Waals surface area (Å²) in [6, 6.07) is 5.89. The zero-order valence-corrected chi connectivity index (χ0v) is 12.7. The van der Waals surface area contributed by atoms with Crippen molar-refractivity contribution in [2.45, 2.75) is 44.3 Å². The first kappa shape index (κ1) is 13.8. The zero-order chi connectivity index (χ0) is 13.9. The predicted molar refractivity (Wildman–Crippen MR) is 83.0 cm³/mol. The number of pyridine rings is 1. The molecule has 1 saturated carbocycles. The molecular weight excluding hydrogens is 248 g/mol. The molecule has 110 valence electrons. The second kappa shape index (κ2) is 6.10. The largest absolute Gasteiger partial charge is 0.371 e. The van der Waals surface area contributed by atoms with E-state index < -0.39 is 0 Å². The van der Waals surface area contributed by atoms with Gasteiger partial charge in [-0.15, -0.1) is 0 Å². The molecule has 0 unspecified atom stereocenters. The molecule has 4 heteroatoms. The number of anilines is 1. The van der Waals surface area contributed by atoms with Crippen LogP contribution < -0.4 is 10.2 Å². The van der Waals surface area contributed by atoms with Crippen LogP contribution in [0.4, 0.5) is 5.69 Å². The number of piperidine rings is 1. The molecular formula is C16H26N4. The van der Waals surface area contributed by atoms with Gasteiger partial charge >= 0.3 is 0 Å². The fourth-order valence-electron chi connectivity index (χ4n) is 2.94. The summed E-state index contributed by atoms with van der Waals surface area (Å²) in [5.41, 5.74) is 2.51. The molecule has 2 heterocycles. The Bertz CT molecular complexity index is 434. The van der Waals surface area contributed by atoms with E-state index >= 15 is 0 Å². The molecule has 1 aromatic heterocycles. The minimum absolute atomic E-state index is 0.740. The van der Waals surface area contributed by atoms with Crippen LogP contribution in [-0.4, -0.2) is 49.2 Å². The van der Waals surface area contributed by atoms with Crippen molar-refractivity contribution in [3.05, 3.63) is 24.0 Å². The molecule has 0 amide bonds. The van der Waals surface area contributed by atoms with Gasteiger partial charge in [0.2, 0.25) is 0 Å². The predicted octanol–water partition coefficient (Wildman–Crippen LogP) is 1.86. The van der Waals surface area contributed by atoms with E-state index in [9.17, 15) is 0 Å². The fourth-order valence-corrected chi connectivity index (χ4v) is 2.94. The molecule has 4 nitrogen and oxygen atoms in total. The van der Waals surface area contributed by atoms with Crippen LogP contribution in [-0.2, 0) is 6.54 Å². The highest BCUT2D eigenvalue weighted by molar-refractivity contribution is 5.47. The first-order valence-electron chi connectivity index (χ1n) is 7.82. The van der Waals surface area contributed by atoms with Gasteiger partial charge in [0, 0.05) is 43.6 Å². The van der Waals surface area contributed by atoms with Crippen molar-refractivity contribution in [2.24, 2.45) is 0 Å². The third-order valence-electron chi connectivity index (χ3n) is 4.51. The Morgan fingerprint density at radius 1 is 1.25 bits per heavy atom. The summed E-state index contributed by atoms with van der Waals surface area (Å²) in [6.45, 7) is 3.22. The second-order valence-electron chi connectivity index (χ2n) is 6.34. The molecule has 1 aromatic rings. The Labute approximate surface area is 122 Å². The van der Waals surface area contributed by atoms with Gasteiger partial charge in [0.25, 0.3) is 0 Å². The normalized spacial score (nSPS) is 20.6. The topological polar surface area (TPSA) is 31.4 Å². The lowest BCUT2D eigenvalue weighted by Gasteiger charge is -2.36. The van der Waals surface area contributed by atoms with Gasteiger partial charge in [-0.05, 0) is 51.9 Å². The molecule has 1 saturated heterocycles. The maximum atomic E-state index is 4.48. The van der Waals surface area contributed by atoms with Crippen molar-refractivity contribution in [3.8, 4) is 0 Å². The van der Waals surface area contributed by atoms with Crippen LogP contribution in [0.25, 0.3) is 0 Å². The highest BCUT2D eigenvalue weighted by Gasteiger charge is 2.22. The van der Waals surface area contributed by atoms with Crippen molar-refractivity contribution in [1.82, 2.24) is 15.2 Å². The van der Waals surface area contributed by atoms with Crippen LogP contribution in [0.1, 0.15) is 31.4 Å². The molecule has 20 heavy (non-hydrogen) atoms. The molecule has 0 bridgehead atoms. The monoisotopic (exact) mass is 274 g/mol. The minimum atomic E-state index is 0.740. The standard InChI is InChI=1S/C16H26N4/c1-19(2)15-6-9-20(10-7-15)16-5-8-17-14(11-16)12-18-13-3-4-13/h5,8,11,13,15,18H,3-4,6-7,9-10,12H2,1-2H3. The molecule has 1 N–H and O–H groups in total. The van der Waals surface area contributed by atoms with Gasteiger partial charge < -0.3 is 15.1 Å². The first-order chi connectivity index (χ1) is 9.72. The van der Waals surface area contributed by atoms with Gasteiger partial charge in [-0.1, -0.05) is 0 Å². The van der Waals surface area contributed by atoms with Gasteiger partial charge in [-0.3, -0.25) is 4.98 Å². The Morgan fingerprint density at radius 2 is 2.00 bits per heavy atom. The van der Waals surface area contributed by atoms with Crippen LogP contribution in [0, 0.1) is 0 Å². The van der Waals surface area contributed by atoms with Crippen LogP contribution >= 0.6 is 0 Å². The van der Waals surface area contributed by atoms with Gasteiger partial charge in [-0.2, -0.15) is 0 Å². The maximum absolute atomic E-state index is 4.48. The van der Waals surface area contributed by atoms with Crippen molar-refractivity contribution >= 4 is 5.69 Å². The SMILES string of the molecule is CN(C)C1CCN(c2ccnc(CNC3CC3)c2)CC1. The highest BCUT2D eigenvalue weighted by Crippen LogP contribution is 2.23. The molecule has 1 aliphatic carbocycles. The van der Waals surface area contributed by atoms with E-state index in [0.29, 0.717) is 0 Å². The Balaban J connectivity index is 1.57. The van der Waals surface area contributed by atoms with Crippen LogP contribution in [0.5, 0.6) is 0 Å². The third kappa shape index (κ3) is 3.49. The number of rotatable bonds is 5. The summed E-state index contributed by atoms with van der Waals surface area (Å²) >= 11 is 0. The van der Waals surface area contributed by atoms with E-state index in [4.69, 9.17) is 0 Å². The van der Waals surface area contributed by atoms with E-state index in [-0.39, 0.29) is 0 Å². The van der Waals surface area contributed by atoms with Gasteiger partial charge in [0.1, 0.15) is 0 Å². The molecule has 0 radical (unpaired) electrons. The number of nitrogens with zero attached hydrogens (tertiary/aromatic N) is 3. The van der Waals surface area contributed by atoms with E-state index in [1.807, 2.05) is 6.20 Å². The molecule has 2 fully saturated rings. The quantitative estimate of drug-likeness (QED) is 0.888. The van der Waals surface area contributed by atoms with Crippen LogP contribution in [0.15, 0.2) is 18.3 Å². The van der Waals surface area contributed by atoms with Crippen molar-refractivity contribution in [3.63, 3.8) is 0 Å². The van der Waals surface area contributed by atoms with Gasteiger partial charge in [0.15, 0.2) is 0 Å². The number of nitrogens with one attached hydrogen (secondary N) is 1. The van der Waals surface area contributed by atoms with Crippen molar-refractivity contribution in [1.29, 1.82) is 0 Å². The number of aromatic nitrogens is 1. The molecule has 2 aliphatic rings. The van der Waals surface area contributed by atoms with E-state index in [1.165, 1.54) is 37.1 Å². The number of hydrogen-bond acceptors (Lipinski definition) is 4. The lowest BCUT2D eigenvalue weighted by molar-refractivity contribution is 0.249. The summed E-state index contributed by atoms with van der Waals surface area (Å²) in [7, 11) is 4.38. The summed E-state index contributed by atoms with van der Waals surface area (Å²) < 4.78 is 0. The fraction of sp³-hybridized carbons (Fsp3) is 0.688. The molecule has 0 spiro atoms. The molecule has 3 rings (SSSR count).